The van der Waals surface area contributed by atoms with Gasteiger partial charge in [0.2, 0.25) is 0 Å². The van der Waals surface area contributed by atoms with Crippen molar-refractivity contribution < 1.29 is 18.8 Å². The fourth-order valence-corrected chi connectivity index (χ4v) is 3.00. The van der Waals surface area contributed by atoms with Crippen molar-refractivity contribution in [3.05, 3.63) is 82.8 Å². The number of hydrogen-bond acceptors (Lipinski definition) is 4. The highest BCUT2D eigenvalue weighted by Crippen LogP contribution is 2.27. The van der Waals surface area contributed by atoms with Gasteiger partial charge in [-0.3, -0.25) is 20.0 Å². The van der Waals surface area contributed by atoms with Gasteiger partial charge in [-0.15, -0.1) is 0 Å². The van der Waals surface area contributed by atoms with Crippen LogP contribution in [0.4, 0.5) is 15.0 Å². The topological polar surface area (TPSA) is 107 Å². The Morgan fingerprint density at radius 2 is 1.62 bits per heavy atom. The van der Waals surface area contributed by atoms with Crippen molar-refractivity contribution in [3.8, 4) is 0 Å². The van der Waals surface area contributed by atoms with E-state index in [9.17, 15) is 18.8 Å². The fraction of sp³-hybridized carbons (Fsp3) is 0.100. The second kappa shape index (κ2) is 7.55. The number of nitrogens with one attached hydrogen (secondary N) is 3. The fourth-order valence-electron chi connectivity index (χ4n) is 3.00. The van der Waals surface area contributed by atoms with Crippen LogP contribution in [0.25, 0.3) is 0 Å². The summed E-state index contributed by atoms with van der Waals surface area (Å²) in [5.74, 6) is -1.00. The Hall–Kier alpha value is -4.01. The Labute approximate surface area is 164 Å². The van der Waals surface area contributed by atoms with Gasteiger partial charge in [-0.25, -0.2) is 9.18 Å². The second-order valence-electron chi connectivity index (χ2n) is 6.47. The van der Waals surface area contributed by atoms with Gasteiger partial charge >= 0.3 is 6.03 Å². The molecule has 1 aromatic heterocycles. The summed E-state index contributed by atoms with van der Waals surface area (Å²) in [5.41, 5.74) is 1.92. The summed E-state index contributed by atoms with van der Waals surface area (Å²) in [5, 5.41) is 11.9. The number of benzene rings is 2. The molecule has 4 rings (SSSR count). The van der Waals surface area contributed by atoms with Crippen LogP contribution < -0.4 is 10.6 Å². The molecular weight excluding hydrogens is 377 g/mol. The van der Waals surface area contributed by atoms with Crippen LogP contribution in [0.1, 0.15) is 32.0 Å². The number of carbonyl (C=O) groups excluding carboxylic acids is 3. The number of aromatic nitrogens is 2. The SMILES string of the molecule is O=C(NC(=O)N1Cc2n[nH]c(NC(=O)c3ccc(F)cc3)c2C1)c1ccccc1. The number of anilines is 1. The predicted octanol–water partition coefficient (Wildman–Crippen LogP) is 2.67. The summed E-state index contributed by atoms with van der Waals surface area (Å²) in [6.07, 6.45) is 0. The second-order valence-corrected chi connectivity index (χ2v) is 6.47. The first-order valence-electron chi connectivity index (χ1n) is 8.79. The maximum absolute atomic E-state index is 13.0. The van der Waals surface area contributed by atoms with Crippen molar-refractivity contribution in [2.45, 2.75) is 13.1 Å². The molecule has 8 nitrogen and oxygen atoms in total. The minimum atomic E-state index is -0.548. The minimum Gasteiger partial charge on any atom is -0.314 e. The standard InChI is InChI=1S/C20H16FN5O3/c21-14-8-6-13(7-9-14)18(27)22-17-15-10-26(11-16(15)24-25-17)20(29)23-19(28)12-4-2-1-3-5-12/h1-9H,10-11H2,(H,23,28,29)(H2,22,24,25,27). The third kappa shape index (κ3) is 3.84. The average molecular weight is 393 g/mol. The highest BCUT2D eigenvalue weighted by Gasteiger charge is 2.30. The lowest BCUT2D eigenvalue weighted by Gasteiger charge is -2.16. The van der Waals surface area contributed by atoms with Crippen molar-refractivity contribution in [2.75, 3.05) is 5.32 Å². The van der Waals surface area contributed by atoms with E-state index >= 15 is 0 Å². The molecule has 0 unspecified atom stereocenters. The number of fused-ring (bicyclic) bond motifs is 1. The number of carbonyl (C=O) groups is 3. The molecule has 0 radical (unpaired) electrons. The molecule has 2 heterocycles. The maximum atomic E-state index is 13.0. The zero-order chi connectivity index (χ0) is 20.4. The number of imide groups is 1. The van der Waals surface area contributed by atoms with Crippen LogP contribution in [0, 0.1) is 5.82 Å². The lowest BCUT2D eigenvalue weighted by molar-refractivity contribution is 0.0950. The number of H-pyrrole nitrogens is 1. The molecule has 3 aromatic rings. The van der Waals surface area contributed by atoms with Gasteiger partial charge < -0.3 is 10.2 Å². The van der Waals surface area contributed by atoms with Gasteiger partial charge in [0.25, 0.3) is 11.8 Å². The zero-order valence-electron chi connectivity index (χ0n) is 15.1. The molecule has 3 N–H and O–H groups in total. The van der Waals surface area contributed by atoms with E-state index in [2.05, 4.69) is 20.8 Å². The van der Waals surface area contributed by atoms with Gasteiger partial charge in [-0.1, -0.05) is 18.2 Å². The van der Waals surface area contributed by atoms with E-state index in [0.717, 1.165) is 0 Å². The molecule has 0 fully saturated rings. The maximum Gasteiger partial charge on any atom is 0.324 e. The largest absolute Gasteiger partial charge is 0.324 e. The van der Waals surface area contributed by atoms with E-state index in [0.29, 0.717) is 22.6 Å². The van der Waals surface area contributed by atoms with Gasteiger partial charge in [0.1, 0.15) is 11.6 Å². The predicted molar refractivity (Wildman–Crippen MR) is 101 cm³/mol. The molecule has 0 saturated carbocycles. The van der Waals surface area contributed by atoms with Crippen LogP contribution in [0.2, 0.25) is 0 Å². The van der Waals surface area contributed by atoms with Crippen LogP contribution in [-0.2, 0) is 13.1 Å². The molecule has 9 heteroatoms. The highest BCUT2D eigenvalue weighted by molar-refractivity contribution is 6.05. The molecule has 146 valence electrons. The van der Waals surface area contributed by atoms with Crippen LogP contribution in [0.3, 0.4) is 0 Å². The Balaban J connectivity index is 1.41. The van der Waals surface area contributed by atoms with Gasteiger partial charge in [0.05, 0.1) is 18.8 Å². The summed E-state index contributed by atoms with van der Waals surface area (Å²) in [6, 6.07) is 13.0. The Morgan fingerprint density at radius 3 is 2.34 bits per heavy atom. The lowest BCUT2D eigenvalue weighted by atomic mass is 10.2. The quantitative estimate of drug-likeness (QED) is 0.636. The lowest BCUT2D eigenvalue weighted by Crippen LogP contribution is -2.40. The van der Waals surface area contributed by atoms with Crippen LogP contribution in [-0.4, -0.2) is 32.9 Å². The summed E-state index contributed by atoms with van der Waals surface area (Å²) < 4.78 is 13.0. The Morgan fingerprint density at radius 1 is 0.931 bits per heavy atom. The number of urea groups is 1. The molecule has 0 aliphatic carbocycles. The highest BCUT2D eigenvalue weighted by atomic mass is 19.1. The number of hydrogen-bond donors (Lipinski definition) is 3. The van der Waals surface area contributed by atoms with Crippen LogP contribution in [0.15, 0.2) is 54.6 Å². The average Bonchev–Trinajstić information content (AvgIpc) is 3.31. The molecule has 1 aliphatic heterocycles. The molecule has 4 amide bonds. The molecule has 0 bridgehead atoms. The van der Waals surface area contributed by atoms with E-state index in [4.69, 9.17) is 0 Å². The summed E-state index contributed by atoms with van der Waals surface area (Å²) in [4.78, 5) is 38.3. The third-order valence-electron chi connectivity index (χ3n) is 4.53. The normalized spacial score (nSPS) is 12.4. The van der Waals surface area contributed by atoms with Crippen molar-refractivity contribution >= 4 is 23.7 Å². The van der Waals surface area contributed by atoms with Gasteiger partial charge in [0, 0.05) is 16.7 Å². The van der Waals surface area contributed by atoms with Crippen molar-refractivity contribution in [1.82, 2.24) is 20.4 Å². The molecule has 2 aromatic carbocycles. The number of nitrogens with zero attached hydrogens (tertiary/aromatic N) is 2. The van der Waals surface area contributed by atoms with Gasteiger partial charge in [-0.05, 0) is 36.4 Å². The zero-order valence-corrected chi connectivity index (χ0v) is 15.1. The smallest absolute Gasteiger partial charge is 0.314 e. The summed E-state index contributed by atoms with van der Waals surface area (Å²) in [6.45, 7) is 0.380. The first-order chi connectivity index (χ1) is 14.0. The van der Waals surface area contributed by atoms with Crippen molar-refractivity contribution in [1.29, 1.82) is 0 Å². The number of amides is 4. The molecular formula is C20H16FN5O3. The van der Waals surface area contributed by atoms with E-state index in [1.165, 1.54) is 29.2 Å². The van der Waals surface area contributed by atoms with E-state index in [1.807, 2.05) is 0 Å². The summed E-state index contributed by atoms with van der Waals surface area (Å²) >= 11 is 0. The molecule has 1 aliphatic rings. The van der Waals surface area contributed by atoms with Gasteiger partial charge in [-0.2, -0.15) is 5.10 Å². The number of rotatable bonds is 3. The minimum absolute atomic E-state index is 0.179. The van der Waals surface area contributed by atoms with E-state index in [1.54, 1.807) is 30.3 Å². The Bertz CT molecular complexity index is 1080. The monoisotopic (exact) mass is 393 g/mol. The van der Waals surface area contributed by atoms with Gasteiger partial charge in [0.15, 0.2) is 0 Å². The van der Waals surface area contributed by atoms with Crippen LogP contribution >= 0.6 is 0 Å². The number of aromatic amines is 1. The molecule has 0 atom stereocenters. The molecule has 29 heavy (non-hydrogen) atoms. The first-order valence-corrected chi connectivity index (χ1v) is 8.79. The van der Waals surface area contributed by atoms with Crippen molar-refractivity contribution in [2.24, 2.45) is 0 Å². The molecule has 0 saturated heterocycles. The Kier molecular flexibility index (Phi) is 4.78. The first kappa shape index (κ1) is 18.4. The number of halogens is 1. The third-order valence-corrected chi connectivity index (χ3v) is 4.53. The molecule has 0 spiro atoms. The summed E-state index contributed by atoms with van der Waals surface area (Å²) in [7, 11) is 0. The van der Waals surface area contributed by atoms with Crippen LogP contribution in [0.5, 0.6) is 0 Å². The van der Waals surface area contributed by atoms with E-state index in [-0.39, 0.29) is 18.7 Å². The van der Waals surface area contributed by atoms with Crippen molar-refractivity contribution in [3.63, 3.8) is 0 Å². The van der Waals surface area contributed by atoms with E-state index < -0.39 is 23.7 Å².